The van der Waals surface area contributed by atoms with E-state index < -0.39 is 0 Å². The highest BCUT2D eigenvalue weighted by Crippen LogP contribution is 2.27. The van der Waals surface area contributed by atoms with Crippen LogP contribution in [0.2, 0.25) is 0 Å². The van der Waals surface area contributed by atoms with Crippen molar-refractivity contribution in [1.82, 2.24) is 0 Å². The van der Waals surface area contributed by atoms with Crippen LogP contribution >= 0.6 is 12.4 Å². The minimum absolute atomic E-state index is 0. The number of halogens is 1. The molecule has 19 heavy (non-hydrogen) atoms. The average Bonchev–Trinajstić information content (AvgIpc) is 2.70. The molecule has 2 atom stereocenters. The van der Waals surface area contributed by atoms with Gasteiger partial charge in [-0.2, -0.15) is 0 Å². The van der Waals surface area contributed by atoms with Crippen molar-refractivity contribution in [1.29, 1.82) is 0 Å². The number of benzene rings is 1. The summed E-state index contributed by atoms with van der Waals surface area (Å²) in [5.41, 5.74) is 9.17. The van der Waals surface area contributed by atoms with Gasteiger partial charge in [0.25, 0.3) is 0 Å². The molecule has 1 aliphatic carbocycles. The lowest BCUT2D eigenvalue weighted by Gasteiger charge is -2.16. The van der Waals surface area contributed by atoms with Gasteiger partial charge in [-0.1, -0.05) is 24.6 Å². The summed E-state index contributed by atoms with van der Waals surface area (Å²) < 4.78 is 0. The van der Waals surface area contributed by atoms with Crippen molar-refractivity contribution in [3.8, 4) is 0 Å². The number of nitrogens with one attached hydrogen (secondary N) is 1. The Morgan fingerprint density at radius 3 is 2.47 bits per heavy atom. The summed E-state index contributed by atoms with van der Waals surface area (Å²) in [4.78, 5) is 12.1. The molecule has 1 fully saturated rings. The van der Waals surface area contributed by atoms with Crippen molar-refractivity contribution in [3.63, 3.8) is 0 Å². The zero-order valence-corrected chi connectivity index (χ0v) is 12.4. The van der Waals surface area contributed by atoms with Crippen LogP contribution in [0.15, 0.2) is 18.2 Å². The molecule has 4 heteroatoms. The maximum Gasteiger partial charge on any atom is 0.224 e. The summed E-state index contributed by atoms with van der Waals surface area (Å²) in [7, 11) is 0. The van der Waals surface area contributed by atoms with Gasteiger partial charge >= 0.3 is 0 Å². The van der Waals surface area contributed by atoms with Crippen molar-refractivity contribution in [3.05, 3.63) is 29.3 Å². The standard InChI is InChI=1S/C15H22N2O.ClH/c1-10-5-3-6-11(2)15(10)17-14(18)9-12-7-4-8-13(12)16;/h3,5-6,12-13H,4,7-9,16H2,1-2H3,(H,17,18);1H/t12-,13+;/m0./s1. The van der Waals surface area contributed by atoms with E-state index in [0.717, 1.165) is 36.1 Å². The maximum absolute atomic E-state index is 12.1. The number of aryl methyl sites for hydroxylation is 2. The molecule has 0 unspecified atom stereocenters. The quantitative estimate of drug-likeness (QED) is 0.895. The van der Waals surface area contributed by atoms with E-state index in [9.17, 15) is 4.79 Å². The average molecular weight is 283 g/mol. The van der Waals surface area contributed by atoms with Crippen LogP contribution in [0.3, 0.4) is 0 Å². The van der Waals surface area contributed by atoms with E-state index in [1.807, 2.05) is 32.0 Å². The van der Waals surface area contributed by atoms with Gasteiger partial charge in [-0.3, -0.25) is 4.79 Å². The summed E-state index contributed by atoms with van der Waals surface area (Å²) in [5.74, 6) is 0.448. The molecule has 0 heterocycles. The Balaban J connectivity index is 0.00000180. The first-order valence-electron chi connectivity index (χ1n) is 6.69. The van der Waals surface area contributed by atoms with Crippen molar-refractivity contribution in [2.75, 3.05) is 5.32 Å². The molecule has 1 aromatic rings. The molecular weight excluding hydrogens is 260 g/mol. The number of hydrogen-bond acceptors (Lipinski definition) is 2. The fourth-order valence-electron chi connectivity index (χ4n) is 2.76. The molecule has 0 saturated heterocycles. The van der Waals surface area contributed by atoms with Crippen LogP contribution in [0.25, 0.3) is 0 Å². The van der Waals surface area contributed by atoms with Gasteiger partial charge in [0.1, 0.15) is 0 Å². The molecule has 1 amide bonds. The highest BCUT2D eigenvalue weighted by Gasteiger charge is 2.26. The lowest BCUT2D eigenvalue weighted by Crippen LogP contribution is -2.28. The molecule has 1 aromatic carbocycles. The second kappa shape index (κ2) is 6.92. The molecule has 0 radical (unpaired) electrons. The summed E-state index contributed by atoms with van der Waals surface area (Å²) >= 11 is 0. The summed E-state index contributed by atoms with van der Waals surface area (Å²) in [6.45, 7) is 4.04. The van der Waals surface area contributed by atoms with Crippen molar-refractivity contribution >= 4 is 24.0 Å². The van der Waals surface area contributed by atoms with E-state index in [1.54, 1.807) is 0 Å². The predicted molar refractivity (Wildman–Crippen MR) is 81.7 cm³/mol. The van der Waals surface area contributed by atoms with E-state index >= 15 is 0 Å². The van der Waals surface area contributed by atoms with E-state index in [0.29, 0.717) is 12.3 Å². The van der Waals surface area contributed by atoms with Crippen LogP contribution in [-0.4, -0.2) is 11.9 Å². The number of para-hydroxylation sites is 1. The maximum atomic E-state index is 12.1. The number of carbonyl (C=O) groups is 1. The SMILES string of the molecule is Cc1cccc(C)c1NC(=O)C[C@@H]1CCC[C@H]1N.Cl. The molecule has 0 aliphatic heterocycles. The second-order valence-electron chi connectivity index (χ2n) is 5.37. The number of anilines is 1. The lowest BCUT2D eigenvalue weighted by atomic mass is 9.99. The largest absolute Gasteiger partial charge is 0.327 e. The third kappa shape index (κ3) is 3.95. The summed E-state index contributed by atoms with van der Waals surface area (Å²) in [5, 5.41) is 3.03. The summed E-state index contributed by atoms with van der Waals surface area (Å²) in [6, 6.07) is 6.25. The van der Waals surface area contributed by atoms with Crippen molar-refractivity contribution in [2.45, 2.75) is 45.6 Å². The zero-order valence-electron chi connectivity index (χ0n) is 11.6. The fourth-order valence-corrected chi connectivity index (χ4v) is 2.76. The third-order valence-electron chi connectivity index (χ3n) is 3.91. The Bertz CT molecular complexity index is 428. The van der Waals surface area contributed by atoms with E-state index in [4.69, 9.17) is 5.73 Å². The van der Waals surface area contributed by atoms with E-state index in [1.165, 1.54) is 0 Å². The van der Waals surface area contributed by atoms with Crippen LogP contribution in [0.4, 0.5) is 5.69 Å². The molecule has 106 valence electrons. The van der Waals surface area contributed by atoms with E-state index in [-0.39, 0.29) is 24.4 Å². The van der Waals surface area contributed by atoms with Gasteiger partial charge in [-0.05, 0) is 43.7 Å². The van der Waals surface area contributed by atoms with Gasteiger partial charge in [0.15, 0.2) is 0 Å². The first-order chi connectivity index (χ1) is 8.58. The van der Waals surface area contributed by atoms with Gasteiger partial charge in [0.05, 0.1) is 0 Å². The van der Waals surface area contributed by atoms with Crippen LogP contribution in [-0.2, 0) is 4.79 Å². The molecule has 1 aliphatic rings. The smallest absolute Gasteiger partial charge is 0.224 e. The van der Waals surface area contributed by atoms with Crippen molar-refractivity contribution in [2.24, 2.45) is 11.7 Å². The van der Waals surface area contributed by atoms with Crippen LogP contribution in [0.1, 0.15) is 36.8 Å². The zero-order chi connectivity index (χ0) is 13.1. The highest BCUT2D eigenvalue weighted by molar-refractivity contribution is 5.92. The Morgan fingerprint density at radius 1 is 1.32 bits per heavy atom. The first kappa shape index (κ1) is 16.0. The third-order valence-corrected chi connectivity index (χ3v) is 3.91. The van der Waals surface area contributed by atoms with Gasteiger partial charge in [-0.15, -0.1) is 12.4 Å². The number of rotatable bonds is 3. The van der Waals surface area contributed by atoms with E-state index in [2.05, 4.69) is 5.32 Å². The van der Waals surface area contributed by atoms with Gasteiger partial charge in [0.2, 0.25) is 5.91 Å². The van der Waals surface area contributed by atoms with Crippen LogP contribution < -0.4 is 11.1 Å². The molecule has 0 spiro atoms. The van der Waals surface area contributed by atoms with Crippen molar-refractivity contribution < 1.29 is 4.79 Å². The van der Waals surface area contributed by atoms with Crippen LogP contribution in [0.5, 0.6) is 0 Å². The molecule has 0 aromatic heterocycles. The Kier molecular flexibility index (Phi) is 5.83. The number of carbonyl (C=O) groups excluding carboxylic acids is 1. The minimum atomic E-state index is 0. The Hall–Kier alpha value is -1.06. The molecular formula is C15H23ClN2O. The molecule has 0 bridgehead atoms. The predicted octanol–water partition coefficient (Wildman–Crippen LogP) is 3.18. The normalized spacial score (nSPS) is 21.8. The molecule has 3 nitrogen and oxygen atoms in total. The Morgan fingerprint density at radius 2 is 1.95 bits per heavy atom. The number of hydrogen-bond donors (Lipinski definition) is 2. The number of nitrogens with two attached hydrogens (primary N) is 1. The fraction of sp³-hybridized carbons (Fsp3) is 0.533. The van der Waals surface area contributed by atoms with Gasteiger partial charge in [0, 0.05) is 18.2 Å². The van der Waals surface area contributed by atoms with Gasteiger partial charge < -0.3 is 11.1 Å². The molecule has 3 N–H and O–H groups in total. The second-order valence-corrected chi connectivity index (χ2v) is 5.37. The molecule has 2 rings (SSSR count). The Labute approximate surface area is 121 Å². The van der Waals surface area contributed by atoms with Gasteiger partial charge in [-0.25, -0.2) is 0 Å². The topological polar surface area (TPSA) is 55.1 Å². The van der Waals surface area contributed by atoms with Crippen LogP contribution in [0, 0.1) is 19.8 Å². The first-order valence-corrected chi connectivity index (χ1v) is 6.69. The monoisotopic (exact) mass is 282 g/mol. The minimum Gasteiger partial charge on any atom is -0.327 e. The molecule has 1 saturated carbocycles. The lowest BCUT2D eigenvalue weighted by molar-refractivity contribution is -0.117. The summed E-state index contributed by atoms with van der Waals surface area (Å²) in [6.07, 6.45) is 3.85. The number of amides is 1. The highest BCUT2D eigenvalue weighted by atomic mass is 35.5.